The lowest BCUT2D eigenvalue weighted by Gasteiger charge is -2.32. The third kappa shape index (κ3) is 2.78. The average molecular weight is 319 g/mol. The first-order valence-electron chi connectivity index (χ1n) is 5.13. The lowest BCUT2D eigenvalue weighted by Crippen LogP contribution is -2.43. The number of nitrogens with zero attached hydrogens (tertiary/aromatic N) is 3. The zero-order valence-corrected chi connectivity index (χ0v) is 10.8. The molecule has 0 radical (unpaired) electrons. The molecular weight excluding hydrogens is 305 g/mol. The van der Waals surface area contributed by atoms with Crippen LogP contribution in [0.4, 0.5) is 5.95 Å². The maximum absolute atomic E-state index is 5.60. The number of halogens is 1. The van der Waals surface area contributed by atoms with Crippen molar-refractivity contribution in [1.82, 2.24) is 9.97 Å². The van der Waals surface area contributed by atoms with Crippen LogP contribution in [0.15, 0.2) is 12.4 Å². The molecule has 1 aromatic heterocycles. The third-order valence-corrected chi connectivity index (χ3v) is 3.04. The second kappa shape index (κ2) is 5.07. The van der Waals surface area contributed by atoms with Crippen molar-refractivity contribution in [2.45, 2.75) is 19.4 Å². The van der Waals surface area contributed by atoms with Crippen LogP contribution in [0, 0.1) is 3.57 Å². The van der Waals surface area contributed by atoms with Gasteiger partial charge in [0, 0.05) is 29.1 Å². The van der Waals surface area contributed by atoms with E-state index in [1.165, 1.54) is 0 Å². The van der Waals surface area contributed by atoms with E-state index >= 15 is 0 Å². The molecule has 1 unspecified atom stereocenters. The van der Waals surface area contributed by atoms with E-state index in [9.17, 15) is 0 Å². The van der Waals surface area contributed by atoms with Gasteiger partial charge in [0.2, 0.25) is 5.95 Å². The summed E-state index contributed by atoms with van der Waals surface area (Å²) >= 11 is 2.21. The van der Waals surface area contributed by atoms with Gasteiger partial charge in [-0.3, -0.25) is 0 Å². The first kappa shape index (κ1) is 11.1. The van der Waals surface area contributed by atoms with Crippen LogP contribution in [0.2, 0.25) is 0 Å². The molecule has 1 aliphatic rings. The Morgan fingerprint density at radius 1 is 1.53 bits per heavy atom. The first-order valence-corrected chi connectivity index (χ1v) is 6.21. The third-order valence-electron chi connectivity index (χ3n) is 2.48. The van der Waals surface area contributed by atoms with Crippen LogP contribution in [0.5, 0.6) is 0 Å². The second-order valence-corrected chi connectivity index (χ2v) is 4.79. The fourth-order valence-electron chi connectivity index (χ4n) is 1.62. The van der Waals surface area contributed by atoms with Crippen molar-refractivity contribution in [2.24, 2.45) is 0 Å². The standard InChI is InChI=1S/C10H14IN3O/c1-2-9-7-14(3-4-15-9)10-12-5-8(11)6-13-10/h5-6,9H,2-4,7H2,1H3. The summed E-state index contributed by atoms with van der Waals surface area (Å²) in [4.78, 5) is 10.8. The Morgan fingerprint density at radius 2 is 2.27 bits per heavy atom. The summed E-state index contributed by atoms with van der Waals surface area (Å²) in [6, 6.07) is 0. The van der Waals surface area contributed by atoms with E-state index in [1.54, 1.807) is 0 Å². The van der Waals surface area contributed by atoms with E-state index in [-0.39, 0.29) is 0 Å². The van der Waals surface area contributed by atoms with E-state index < -0.39 is 0 Å². The number of hydrogen-bond acceptors (Lipinski definition) is 4. The molecule has 1 saturated heterocycles. The number of aromatic nitrogens is 2. The topological polar surface area (TPSA) is 38.2 Å². The van der Waals surface area contributed by atoms with Crippen LogP contribution in [0.3, 0.4) is 0 Å². The first-order chi connectivity index (χ1) is 7.29. The molecule has 1 fully saturated rings. The highest BCUT2D eigenvalue weighted by Gasteiger charge is 2.20. The van der Waals surface area contributed by atoms with Gasteiger partial charge < -0.3 is 9.64 Å². The summed E-state index contributed by atoms with van der Waals surface area (Å²) in [7, 11) is 0. The zero-order valence-electron chi connectivity index (χ0n) is 8.69. The fourth-order valence-corrected chi connectivity index (χ4v) is 1.90. The Balaban J connectivity index is 2.06. The van der Waals surface area contributed by atoms with Crippen molar-refractivity contribution in [2.75, 3.05) is 24.6 Å². The molecule has 0 spiro atoms. The Bertz CT molecular complexity index is 317. The summed E-state index contributed by atoms with van der Waals surface area (Å²) in [6.45, 7) is 4.70. The molecule has 0 amide bonds. The van der Waals surface area contributed by atoms with Crippen LogP contribution in [-0.2, 0) is 4.74 Å². The molecular formula is C10H14IN3O. The lowest BCUT2D eigenvalue weighted by molar-refractivity contribution is 0.0379. The number of rotatable bonds is 2. The Kier molecular flexibility index (Phi) is 3.74. The number of ether oxygens (including phenoxy) is 1. The Hall–Kier alpha value is -0.430. The van der Waals surface area contributed by atoms with E-state index in [1.807, 2.05) is 12.4 Å². The van der Waals surface area contributed by atoms with Gasteiger partial charge in [0.1, 0.15) is 0 Å². The lowest BCUT2D eigenvalue weighted by atomic mass is 10.2. The molecule has 1 aliphatic heterocycles. The van der Waals surface area contributed by atoms with Crippen molar-refractivity contribution in [1.29, 1.82) is 0 Å². The molecule has 2 rings (SSSR count). The van der Waals surface area contributed by atoms with E-state index in [0.717, 1.165) is 35.6 Å². The van der Waals surface area contributed by atoms with Crippen LogP contribution < -0.4 is 4.90 Å². The molecule has 0 aliphatic carbocycles. The minimum absolute atomic E-state index is 0.321. The molecule has 1 aromatic rings. The van der Waals surface area contributed by atoms with Gasteiger partial charge >= 0.3 is 0 Å². The summed E-state index contributed by atoms with van der Waals surface area (Å²) in [5, 5.41) is 0. The van der Waals surface area contributed by atoms with Crippen molar-refractivity contribution in [3.63, 3.8) is 0 Å². The summed E-state index contributed by atoms with van der Waals surface area (Å²) in [6.07, 6.45) is 5.06. The van der Waals surface area contributed by atoms with E-state index in [0.29, 0.717) is 6.10 Å². The summed E-state index contributed by atoms with van der Waals surface area (Å²) in [5.41, 5.74) is 0. The monoisotopic (exact) mass is 319 g/mol. The predicted molar refractivity (Wildman–Crippen MR) is 67.0 cm³/mol. The van der Waals surface area contributed by atoms with Crippen molar-refractivity contribution in [3.8, 4) is 0 Å². The van der Waals surface area contributed by atoms with Gasteiger partial charge in [-0.05, 0) is 29.0 Å². The molecule has 15 heavy (non-hydrogen) atoms. The summed E-state index contributed by atoms with van der Waals surface area (Å²) in [5.74, 6) is 0.817. The smallest absolute Gasteiger partial charge is 0.225 e. The Morgan fingerprint density at radius 3 is 2.93 bits per heavy atom. The van der Waals surface area contributed by atoms with Gasteiger partial charge in [-0.25, -0.2) is 9.97 Å². The molecule has 82 valence electrons. The molecule has 4 nitrogen and oxygen atoms in total. The average Bonchev–Trinajstić information content (AvgIpc) is 2.30. The fraction of sp³-hybridized carbons (Fsp3) is 0.600. The van der Waals surface area contributed by atoms with Crippen LogP contribution >= 0.6 is 22.6 Å². The SMILES string of the molecule is CCC1CN(c2ncc(I)cn2)CCO1. The quantitative estimate of drug-likeness (QED) is 0.778. The van der Waals surface area contributed by atoms with Crippen LogP contribution in [0.25, 0.3) is 0 Å². The minimum Gasteiger partial charge on any atom is -0.375 e. The summed E-state index contributed by atoms with van der Waals surface area (Å²) < 4.78 is 6.67. The minimum atomic E-state index is 0.321. The number of hydrogen-bond donors (Lipinski definition) is 0. The molecule has 5 heteroatoms. The van der Waals surface area contributed by atoms with Gasteiger partial charge in [0.05, 0.1) is 12.7 Å². The second-order valence-electron chi connectivity index (χ2n) is 3.55. The molecule has 2 heterocycles. The highest BCUT2D eigenvalue weighted by atomic mass is 127. The maximum atomic E-state index is 5.60. The molecule has 0 N–H and O–H groups in total. The maximum Gasteiger partial charge on any atom is 0.225 e. The van der Waals surface area contributed by atoms with Gasteiger partial charge in [-0.1, -0.05) is 6.92 Å². The van der Waals surface area contributed by atoms with Gasteiger partial charge in [0.25, 0.3) is 0 Å². The van der Waals surface area contributed by atoms with Gasteiger partial charge in [-0.15, -0.1) is 0 Å². The number of anilines is 1. The van der Waals surface area contributed by atoms with Crippen LogP contribution in [0.1, 0.15) is 13.3 Å². The Labute approximate surface area is 103 Å². The van der Waals surface area contributed by atoms with Gasteiger partial charge in [-0.2, -0.15) is 0 Å². The number of morpholine rings is 1. The predicted octanol–water partition coefficient (Wildman–Crippen LogP) is 1.70. The van der Waals surface area contributed by atoms with Crippen LogP contribution in [-0.4, -0.2) is 35.8 Å². The molecule has 1 atom stereocenters. The largest absolute Gasteiger partial charge is 0.375 e. The van der Waals surface area contributed by atoms with Crippen molar-refractivity contribution >= 4 is 28.5 Å². The van der Waals surface area contributed by atoms with Gasteiger partial charge in [0.15, 0.2) is 0 Å². The molecule has 0 aromatic carbocycles. The van der Waals surface area contributed by atoms with E-state index in [4.69, 9.17) is 4.74 Å². The highest BCUT2D eigenvalue weighted by Crippen LogP contribution is 2.14. The molecule has 0 saturated carbocycles. The van der Waals surface area contributed by atoms with E-state index in [2.05, 4.69) is 44.4 Å². The normalized spacial score (nSPS) is 21.7. The van der Waals surface area contributed by atoms with Crippen molar-refractivity contribution in [3.05, 3.63) is 16.0 Å². The highest BCUT2D eigenvalue weighted by molar-refractivity contribution is 14.1. The molecule has 0 bridgehead atoms. The zero-order chi connectivity index (χ0) is 10.7. The van der Waals surface area contributed by atoms with Crippen molar-refractivity contribution < 1.29 is 4.74 Å².